The SMILES string of the molecule is COCCCOc1cc(C(=O)N(C[C@@H]2CNC[C@H]2CN(C)C(=O)C2Cc3ccccc3C2)C(C)C)ccc1OC. The molecule has 218 valence electrons. The molecule has 0 bridgehead atoms. The normalized spacial score (nSPS) is 18.6. The minimum absolute atomic E-state index is 0.0185. The zero-order chi connectivity index (χ0) is 28.6. The average molecular weight is 552 g/mol. The number of hydrogen-bond donors (Lipinski definition) is 1. The third-order valence-electron chi connectivity index (χ3n) is 8.24. The highest BCUT2D eigenvalue weighted by molar-refractivity contribution is 5.95. The molecule has 40 heavy (non-hydrogen) atoms. The zero-order valence-electron chi connectivity index (χ0n) is 24.7. The Morgan fingerprint density at radius 1 is 0.950 bits per heavy atom. The van der Waals surface area contributed by atoms with E-state index in [0.717, 1.165) is 32.4 Å². The van der Waals surface area contributed by atoms with Gasteiger partial charge < -0.3 is 29.3 Å². The molecule has 0 aromatic heterocycles. The van der Waals surface area contributed by atoms with Crippen molar-refractivity contribution in [3.05, 3.63) is 59.2 Å². The molecule has 8 heteroatoms. The number of hydrogen-bond acceptors (Lipinski definition) is 6. The highest BCUT2D eigenvalue weighted by Gasteiger charge is 2.35. The van der Waals surface area contributed by atoms with Gasteiger partial charge in [-0.1, -0.05) is 24.3 Å². The molecular formula is C32H45N3O5. The van der Waals surface area contributed by atoms with Crippen LogP contribution in [0, 0.1) is 17.8 Å². The Kier molecular flexibility index (Phi) is 10.5. The van der Waals surface area contributed by atoms with Crippen LogP contribution in [0.2, 0.25) is 0 Å². The van der Waals surface area contributed by atoms with Crippen molar-refractivity contribution in [3.63, 3.8) is 0 Å². The lowest BCUT2D eigenvalue weighted by Crippen LogP contribution is -2.44. The molecule has 1 heterocycles. The van der Waals surface area contributed by atoms with Crippen LogP contribution in [-0.2, 0) is 22.4 Å². The van der Waals surface area contributed by atoms with Crippen molar-refractivity contribution in [3.8, 4) is 11.5 Å². The topological polar surface area (TPSA) is 80.3 Å². The number of fused-ring (bicyclic) bond motifs is 1. The number of nitrogens with zero attached hydrogens (tertiary/aromatic N) is 2. The average Bonchev–Trinajstić information content (AvgIpc) is 3.59. The molecule has 0 spiro atoms. The van der Waals surface area contributed by atoms with Crippen LogP contribution in [0.15, 0.2) is 42.5 Å². The van der Waals surface area contributed by atoms with Gasteiger partial charge >= 0.3 is 0 Å². The Morgan fingerprint density at radius 3 is 2.25 bits per heavy atom. The molecule has 4 rings (SSSR count). The summed E-state index contributed by atoms with van der Waals surface area (Å²) in [7, 11) is 5.19. The second-order valence-corrected chi connectivity index (χ2v) is 11.4. The summed E-state index contributed by atoms with van der Waals surface area (Å²) in [5.41, 5.74) is 3.16. The van der Waals surface area contributed by atoms with Gasteiger partial charge in [0.1, 0.15) is 0 Å². The zero-order valence-corrected chi connectivity index (χ0v) is 24.7. The quantitative estimate of drug-likeness (QED) is 0.383. The van der Waals surface area contributed by atoms with Gasteiger partial charge in [0, 0.05) is 70.9 Å². The largest absolute Gasteiger partial charge is 0.493 e. The predicted octanol–water partition coefficient (Wildman–Crippen LogP) is 3.67. The number of carbonyl (C=O) groups is 2. The van der Waals surface area contributed by atoms with Gasteiger partial charge in [-0.15, -0.1) is 0 Å². The number of nitrogens with one attached hydrogen (secondary N) is 1. The van der Waals surface area contributed by atoms with Gasteiger partial charge in [-0.3, -0.25) is 9.59 Å². The molecule has 1 aliphatic carbocycles. The number of benzene rings is 2. The fourth-order valence-electron chi connectivity index (χ4n) is 5.96. The van der Waals surface area contributed by atoms with E-state index in [1.165, 1.54) is 11.1 Å². The van der Waals surface area contributed by atoms with Crippen LogP contribution in [0.4, 0.5) is 0 Å². The Morgan fingerprint density at radius 2 is 1.62 bits per heavy atom. The van der Waals surface area contributed by atoms with Gasteiger partial charge in [-0.05, 0) is 67.9 Å². The lowest BCUT2D eigenvalue weighted by molar-refractivity contribution is -0.134. The molecule has 2 atom stereocenters. The van der Waals surface area contributed by atoms with Gasteiger partial charge in [0.15, 0.2) is 11.5 Å². The van der Waals surface area contributed by atoms with Crippen molar-refractivity contribution >= 4 is 11.8 Å². The maximum atomic E-state index is 13.7. The van der Waals surface area contributed by atoms with E-state index in [1.807, 2.05) is 30.7 Å². The maximum absolute atomic E-state index is 13.7. The van der Waals surface area contributed by atoms with E-state index in [2.05, 4.69) is 29.6 Å². The second kappa shape index (κ2) is 14.0. The first-order chi connectivity index (χ1) is 19.3. The summed E-state index contributed by atoms with van der Waals surface area (Å²) in [5, 5.41) is 3.51. The molecule has 1 saturated heterocycles. The lowest BCUT2D eigenvalue weighted by Gasteiger charge is -2.33. The number of rotatable bonds is 13. The molecule has 2 amide bonds. The Hall–Kier alpha value is -3.10. The molecule has 2 aromatic rings. The monoisotopic (exact) mass is 551 g/mol. The van der Waals surface area contributed by atoms with E-state index in [9.17, 15) is 9.59 Å². The fraction of sp³-hybridized carbons (Fsp3) is 0.562. The number of methoxy groups -OCH3 is 2. The molecule has 1 N–H and O–H groups in total. The molecule has 8 nitrogen and oxygen atoms in total. The number of ether oxygens (including phenoxy) is 3. The molecule has 1 fully saturated rings. The second-order valence-electron chi connectivity index (χ2n) is 11.4. The number of carbonyl (C=O) groups excluding carboxylic acids is 2. The molecule has 0 radical (unpaired) electrons. The standard InChI is InChI=1S/C32H45N3O5/c1-22(2)35(32(37)25-11-12-29(39-5)30(17-25)40-14-8-13-38-4)21-28-19-33-18-27(28)20-34(3)31(36)26-15-23-9-6-7-10-24(23)16-26/h6-7,9-12,17,22,26-28,33H,8,13-16,18-21H2,1-5H3/t27-,28-/m0/s1. The summed E-state index contributed by atoms with van der Waals surface area (Å²) in [6.45, 7) is 8.16. The van der Waals surface area contributed by atoms with Crippen LogP contribution in [-0.4, -0.2) is 88.3 Å². The third kappa shape index (κ3) is 7.15. The Balaban J connectivity index is 1.39. The van der Waals surface area contributed by atoms with Gasteiger partial charge in [0.05, 0.1) is 13.7 Å². The third-order valence-corrected chi connectivity index (χ3v) is 8.24. The minimum atomic E-state index is -0.0294. The summed E-state index contributed by atoms with van der Waals surface area (Å²) in [5.74, 6) is 1.90. The summed E-state index contributed by atoms with van der Waals surface area (Å²) < 4.78 is 16.5. The van der Waals surface area contributed by atoms with Gasteiger partial charge in [0.25, 0.3) is 5.91 Å². The minimum Gasteiger partial charge on any atom is -0.493 e. The van der Waals surface area contributed by atoms with Crippen molar-refractivity contribution < 1.29 is 23.8 Å². The first-order valence-corrected chi connectivity index (χ1v) is 14.5. The molecule has 1 aliphatic heterocycles. The van der Waals surface area contributed by atoms with Crippen molar-refractivity contribution in [2.24, 2.45) is 17.8 Å². The van der Waals surface area contributed by atoms with E-state index >= 15 is 0 Å². The van der Waals surface area contributed by atoms with Crippen LogP contribution in [0.1, 0.15) is 41.8 Å². The molecule has 0 unspecified atom stereocenters. The van der Waals surface area contributed by atoms with Crippen LogP contribution >= 0.6 is 0 Å². The fourth-order valence-corrected chi connectivity index (χ4v) is 5.96. The summed E-state index contributed by atoms with van der Waals surface area (Å²) >= 11 is 0. The Bertz CT molecular complexity index is 1130. The summed E-state index contributed by atoms with van der Waals surface area (Å²) in [4.78, 5) is 30.9. The summed E-state index contributed by atoms with van der Waals surface area (Å²) in [6, 6.07) is 13.8. The molecular weight excluding hydrogens is 506 g/mol. The van der Waals surface area contributed by atoms with E-state index in [4.69, 9.17) is 14.2 Å². The van der Waals surface area contributed by atoms with Gasteiger partial charge in [-0.25, -0.2) is 0 Å². The van der Waals surface area contributed by atoms with Crippen LogP contribution in [0.3, 0.4) is 0 Å². The molecule has 2 aliphatic rings. The summed E-state index contributed by atoms with van der Waals surface area (Å²) in [6.07, 6.45) is 2.39. The van der Waals surface area contributed by atoms with E-state index in [0.29, 0.717) is 43.4 Å². The van der Waals surface area contributed by atoms with Gasteiger partial charge in [0.2, 0.25) is 5.91 Å². The van der Waals surface area contributed by atoms with E-state index in [1.54, 1.807) is 32.4 Å². The maximum Gasteiger partial charge on any atom is 0.254 e. The Labute approximate surface area is 239 Å². The first kappa shape index (κ1) is 29.9. The van der Waals surface area contributed by atoms with E-state index < -0.39 is 0 Å². The number of amides is 2. The van der Waals surface area contributed by atoms with Crippen molar-refractivity contribution in [1.29, 1.82) is 0 Å². The van der Waals surface area contributed by atoms with Crippen molar-refractivity contribution in [2.75, 3.05) is 60.7 Å². The smallest absolute Gasteiger partial charge is 0.254 e. The van der Waals surface area contributed by atoms with Gasteiger partial charge in [-0.2, -0.15) is 0 Å². The van der Waals surface area contributed by atoms with Crippen molar-refractivity contribution in [2.45, 2.75) is 39.2 Å². The van der Waals surface area contributed by atoms with Crippen LogP contribution < -0.4 is 14.8 Å². The van der Waals surface area contributed by atoms with Crippen molar-refractivity contribution in [1.82, 2.24) is 15.1 Å². The van der Waals surface area contributed by atoms with Crippen LogP contribution in [0.5, 0.6) is 11.5 Å². The highest BCUT2D eigenvalue weighted by Crippen LogP contribution is 2.31. The predicted molar refractivity (Wildman–Crippen MR) is 156 cm³/mol. The highest BCUT2D eigenvalue weighted by atomic mass is 16.5. The first-order valence-electron chi connectivity index (χ1n) is 14.5. The van der Waals surface area contributed by atoms with E-state index in [-0.39, 0.29) is 35.6 Å². The molecule has 0 saturated carbocycles. The van der Waals surface area contributed by atoms with Crippen LogP contribution in [0.25, 0.3) is 0 Å². The lowest BCUT2D eigenvalue weighted by atomic mass is 9.93. The molecule has 2 aromatic carbocycles.